The standard InChI is InChI=1S/C23H40O3S/c1-6-7-13-17-14-18(25)20(19(15(2)24)22(27)23(17,3)4)21(26-5)16-11-9-8-10-12-16/h15-17,19-21,24H,6-14H2,1-5H3/t15-,17+,19?,20?,21+/m0/s1. The normalized spacial score (nSPS) is 32.1. The fourth-order valence-electron chi connectivity index (χ4n) is 5.54. The third-order valence-corrected chi connectivity index (χ3v) is 8.13. The van der Waals surface area contributed by atoms with Crippen LogP contribution in [-0.2, 0) is 9.53 Å². The Hall–Kier alpha value is -0.320. The molecule has 0 aromatic carbocycles. The number of hydrogen-bond donors (Lipinski definition) is 1. The Bertz CT molecular complexity index is 508. The molecule has 2 saturated carbocycles. The van der Waals surface area contributed by atoms with E-state index in [4.69, 9.17) is 17.0 Å². The number of carbonyl (C=O) groups is 1. The van der Waals surface area contributed by atoms with Crippen molar-refractivity contribution < 1.29 is 14.6 Å². The summed E-state index contributed by atoms with van der Waals surface area (Å²) in [6.07, 6.45) is 8.99. The molecule has 2 aliphatic rings. The van der Waals surface area contributed by atoms with E-state index >= 15 is 0 Å². The number of methoxy groups -OCH3 is 1. The molecule has 0 spiro atoms. The van der Waals surface area contributed by atoms with E-state index in [1.165, 1.54) is 19.3 Å². The van der Waals surface area contributed by atoms with Crippen molar-refractivity contribution in [1.82, 2.24) is 0 Å². The van der Waals surface area contributed by atoms with Gasteiger partial charge in [0, 0.05) is 24.3 Å². The van der Waals surface area contributed by atoms with Crippen molar-refractivity contribution in [2.75, 3.05) is 7.11 Å². The summed E-state index contributed by atoms with van der Waals surface area (Å²) < 4.78 is 5.98. The Morgan fingerprint density at radius 2 is 1.85 bits per heavy atom. The zero-order valence-electron chi connectivity index (χ0n) is 18.0. The van der Waals surface area contributed by atoms with Crippen molar-refractivity contribution in [2.24, 2.45) is 29.1 Å². The summed E-state index contributed by atoms with van der Waals surface area (Å²) in [7, 11) is 1.74. The lowest BCUT2D eigenvalue weighted by Crippen LogP contribution is -2.48. The van der Waals surface area contributed by atoms with Gasteiger partial charge in [-0.15, -0.1) is 0 Å². The van der Waals surface area contributed by atoms with Crippen LogP contribution in [0.15, 0.2) is 0 Å². The molecule has 2 rings (SSSR count). The van der Waals surface area contributed by atoms with Crippen molar-refractivity contribution in [3.8, 4) is 0 Å². The molecular formula is C23H40O3S. The molecule has 0 bridgehead atoms. The van der Waals surface area contributed by atoms with E-state index in [-0.39, 0.29) is 35.1 Å². The number of rotatable bonds is 7. The van der Waals surface area contributed by atoms with Crippen LogP contribution in [0.2, 0.25) is 0 Å². The fourth-order valence-corrected chi connectivity index (χ4v) is 6.05. The SMILES string of the molecule is CCCC[C@@H]1CC(=O)C([C@H](OC)C2CCCCC2)C([C@H](C)O)C(=S)C1(C)C. The first-order chi connectivity index (χ1) is 12.8. The molecular weight excluding hydrogens is 356 g/mol. The Morgan fingerprint density at radius 3 is 2.37 bits per heavy atom. The van der Waals surface area contributed by atoms with Crippen molar-refractivity contribution in [3.63, 3.8) is 0 Å². The number of hydrogen-bond acceptors (Lipinski definition) is 4. The van der Waals surface area contributed by atoms with Gasteiger partial charge in [-0.2, -0.15) is 0 Å². The maximum Gasteiger partial charge on any atom is 0.139 e. The molecule has 0 heterocycles. The number of unbranched alkanes of at least 4 members (excludes halogenated alkanes) is 1. The van der Waals surface area contributed by atoms with Crippen LogP contribution >= 0.6 is 12.2 Å². The lowest BCUT2D eigenvalue weighted by atomic mass is 9.68. The third kappa shape index (κ3) is 5.00. The quantitative estimate of drug-likeness (QED) is 0.464. The number of aliphatic hydroxyl groups is 1. The second-order valence-electron chi connectivity index (χ2n) is 9.49. The zero-order valence-corrected chi connectivity index (χ0v) is 18.8. The molecule has 0 amide bonds. The molecule has 0 aromatic rings. The molecule has 0 saturated heterocycles. The van der Waals surface area contributed by atoms with Crippen LogP contribution in [0.25, 0.3) is 0 Å². The van der Waals surface area contributed by atoms with Gasteiger partial charge in [0.25, 0.3) is 0 Å². The largest absolute Gasteiger partial charge is 0.393 e. The van der Waals surface area contributed by atoms with Gasteiger partial charge in [-0.3, -0.25) is 4.79 Å². The van der Waals surface area contributed by atoms with Gasteiger partial charge >= 0.3 is 0 Å². The molecule has 4 heteroatoms. The number of ether oxygens (including phenoxy) is 1. The van der Waals surface area contributed by atoms with Gasteiger partial charge in [-0.25, -0.2) is 0 Å². The van der Waals surface area contributed by atoms with Crippen molar-refractivity contribution in [2.45, 2.75) is 97.7 Å². The van der Waals surface area contributed by atoms with E-state index in [9.17, 15) is 9.90 Å². The molecule has 2 unspecified atom stereocenters. The summed E-state index contributed by atoms with van der Waals surface area (Å²) in [6.45, 7) is 8.36. The first-order valence-electron chi connectivity index (χ1n) is 11.0. The number of ketones is 1. The highest BCUT2D eigenvalue weighted by atomic mass is 32.1. The fraction of sp³-hybridized carbons (Fsp3) is 0.913. The lowest BCUT2D eigenvalue weighted by Gasteiger charge is -2.40. The first kappa shape index (κ1) is 23.0. The van der Waals surface area contributed by atoms with Crippen molar-refractivity contribution in [1.29, 1.82) is 0 Å². The third-order valence-electron chi connectivity index (χ3n) is 7.33. The van der Waals surface area contributed by atoms with Crippen molar-refractivity contribution in [3.05, 3.63) is 0 Å². The monoisotopic (exact) mass is 396 g/mol. The summed E-state index contributed by atoms with van der Waals surface area (Å²) >= 11 is 5.98. The highest BCUT2D eigenvalue weighted by Crippen LogP contribution is 2.47. The minimum Gasteiger partial charge on any atom is -0.393 e. The summed E-state index contributed by atoms with van der Waals surface area (Å²) in [5, 5.41) is 10.7. The number of thiocarbonyl (C=S) groups is 1. The van der Waals surface area contributed by atoms with Gasteiger partial charge in [-0.05, 0) is 43.4 Å². The van der Waals surface area contributed by atoms with E-state index in [0.29, 0.717) is 12.3 Å². The molecule has 0 aromatic heterocycles. The van der Waals surface area contributed by atoms with Gasteiger partial charge < -0.3 is 9.84 Å². The number of Topliss-reactive ketones (excluding diaryl/α,β-unsaturated/α-hetero) is 1. The Kier molecular flexibility index (Phi) is 8.45. The van der Waals surface area contributed by atoms with E-state index in [1.807, 2.05) is 0 Å². The lowest BCUT2D eigenvalue weighted by molar-refractivity contribution is -0.134. The molecule has 2 fully saturated rings. The summed E-state index contributed by atoms with van der Waals surface area (Å²) in [4.78, 5) is 14.4. The molecule has 27 heavy (non-hydrogen) atoms. The molecule has 3 nitrogen and oxygen atoms in total. The van der Waals surface area contributed by atoms with Crippen LogP contribution in [-0.4, -0.2) is 35.1 Å². The summed E-state index contributed by atoms with van der Waals surface area (Å²) in [6, 6.07) is 0. The molecule has 156 valence electrons. The maximum atomic E-state index is 13.5. The molecule has 0 aliphatic heterocycles. The Balaban J connectivity index is 2.41. The highest BCUT2D eigenvalue weighted by Gasteiger charge is 2.51. The average molecular weight is 397 g/mol. The van der Waals surface area contributed by atoms with Crippen LogP contribution in [0, 0.1) is 29.1 Å². The Labute approximate surface area is 171 Å². The van der Waals surface area contributed by atoms with E-state index in [1.54, 1.807) is 14.0 Å². The van der Waals surface area contributed by atoms with E-state index in [2.05, 4.69) is 20.8 Å². The Morgan fingerprint density at radius 1 is 1.22 bits per heavy atom. The predicted molar refractivity (Wildman–Crippen MR) is 115 cm³/mol. The van der Waals surface area contributed by atoms with Crippen LogP contribution in [0.5, 0.6) is 0 Å². The topological polar surface area (TPSA) is 46.5 Å². The molecule has 0 radical (unpaired) electrons. The number of aliphatic hydroxyl groups excluding tert-OH is 1. The summed E-state index contributed by atoms with van der Waals surface area (Å²) in [5.41, 5.74) is -0.221. The average Bonchev–Trinajstić information content (AvgIpc) is 2.70. The van der Waals surface area contributed by atoms with Gasteiger partial charge in [0.05, 0.1) is 18.1 Å². The smallest absolute Gasteiger partial charge is 0.139 e. The minimum atomic E-state index is -0.628. The van der Waals surface area contributed by atoms with Gasteiger partial charge in [-0.1, -0.05) is 65.1 Å². The first-order valence-corrected chi connectivity index (χ1v) is 11.4. The highest BCUT2D eigenvalue weighted by molar-refractivity contribution is 7.80. The van der Waals surface area contributed by atoms with Crippen LogP contribution in [0.1, 0.15) is 85.5 Å². The molecule has 2 aliphatic carbocycles. The van der Waals surface area contributed by atoms with Crippen LogP contribution < -0.4 is 0 Å². The zero-order chi connectivity index (χ0) is 20.2. The van der Waals surface area contributed by atoms with Gasteiger partial charge in [0.2, 0.25) is 0 Å². The predicted octanol–water partition coefficient (Wildman–Crippen LogP) is 5.37. The van der Waals surface area contributed by atoms with Gasteiger partial charge in [0.1, 0.15) is 5.78 Å². The van der Waals surface area contributed by atoms with Crippen LogP contribution in [0.4, 0.5) is 0 Å². The van der Waals surface area contributed by atoms with Gasteiger partial charge in [0.15, 0.2) is 0 Å². The molecule has 5 atom stereocenters. The van der Waals surface area contributed by atoms with Crippen molar-refractivity contribution >= 4 is 22.9 Å². The second-order valence-corrected chi connectivity index (χ2v) is 9.93. The second kappa shape index (κ2) is 9.93. The maximum absolute atomic E-state index is 13.5. The number of carbonyl (C=O) groups excluding carboxylic acids is 1. The van der Waals surface area contributed by atoms with Crippen LogP contribution in [0.3, 0.4) is 0 Å². The minimum absolute atomic E-state index is 0.129. The summed E-state index contributed by atoms with van der Waals surface area (Å²) in [5.74, 6) is 0.314. The van der Waals surface area contributed by atoms with E-state index < -0.39 is 6.10 Å². The molecule has 1 N–H and O–H groups in total. The van der Waals surface area contributed by atoms with E-state index in [0.717, 1.165) is 37.0 Å².